The van der Waals surface area contributed by atoms with Crippen molar-refractivity contribution in [3.05, 3.63) is 12.2 Å². The fraction of sp³-hybridized carbons (Fsp3) is 0.904. The first-order valence-corrected chi connectivity index (χ1v) is 55.3. The first kappa shape index (κ1) is 137. The van der Waals surface area contributed by atoms with Crippen LogP contribution >= 0.6 is 0 Å². The van der Waals surface area contributed by atoms with Crippen LogP contribution in [-0.4, -0.2) is 657 Å². The Morgan fingerprint density at radius 3 is 0.938 bits per heavy atom. The second kappa shape index (κ2) is 71.7. The van der Waals surface area contributed by atoms with Gasteiger partial charge in [0, 0.05) is 6.42 Å². The van der Waals surface area contributed by atoms with E-state index in [2.05, 4.69) is 97.7 Å². The summed E-state index contributed by atoms with van der Waals surface area (Å²) in [6.07, 6.45) is -1.88. The van der Waals surface area contributed by atoms with Gasteiger partial charge < -0.3 is 146 Å². The largest absolute Gasteiger partial charge is 0.469 e. The molecule has 0 aromatic rings. The summed E-state index contributed by atoms with van der Waals surface area (Å²) in [5.41, 5.74) is 0.666. The van der Waals surface area contributed by atoms with Crippen LogP contribution in [0.5, 0.6) is 0 Å². The molecule has 0 aliphatic carbocycles. The molecule has 11 rings (SSSR count). The van der Waals surface area contributed by atoms with Crippen LogP contribution in [0.2, 0.25) is 0 Å². The average Bonchev–Trinajstić information content (AvgIpc) is 0.841. The third-order valence-electron chi connectivity index (χ3n) is 28.0. The van der Waals surface area contributed by atoms with Gasteiger partial charge in [0.05, 0.1) is 345 Å². The summed E-state index contributed by atoms with van der Waals surface area (Å²) in [7, 11) is 14.5. The van der Waals surface area contributed by atoms with E-state index in [9.17, 15) is 64.9 Å². The Kier molecular flexibility index (Phi) is 68.1. The zero-order valence-electron chi connectivity index (χ0n) is 89.7. The summed E-state index contributed by atoms with van der Waals surface area (Å²) in [6.45, 7) is 49.7. The molecule has 11 aliphatic heterocycles. The highest BCUT2D eigenvalue weighted by atomic mass is 32.2. The van der Waals surface area contributed by atoms with Crippen LogP contribution < -0.4 is 0 Å². The second-order valence-corrected chi connectivity index (χ2v) is 46.5. The zero-order chi connectivity index (χ0) is 109. The Labute approximate surface area is 860 Å². The molecule has 11 fully saturated rings. The second-order valence-electron chi connectivity index (χ2n) is 41.8. The Morgan fingerprint density at radius 2 is 0.632 bits per heavy atom. The third kappa shape index (κ3) is 66.6. The molecule has 0 spiro atoms. The van der Waals surface area contributed by atoms with Crippen molar-refractivity contribution >= 4 is 54.0 Å². The predicted octanol–water partition coefficient (Wildman–Crippen LogP) is -3.87. The highest BCUT2D eigenvalue weighted by Gasteiger charge is 2.39. The summed E-state index contributed by atoms with van der Waals surface area (Å²) in [5.74, 6) is -1.31. The van der Waals surface area contributed by atoms with Gasteiger partial charge in [0.1, 0.15) is 200 Å². The number of quaternary nitrogens is 11. The van der Waals surface area contributed by atoms with Crippen LogP contribution in [0.3, 0.4) is 0 Å². The Bertz CT molecular complexity index is 4000. The SMILES string of the molecule is C=C(C#N)C[N+]1(C)CCOCC1.CCOC(=O)CC[N+]1(C)CCOCC1.COC(=O)CC[N+]1(C)CCOCC1.COC(=O)C[N+]1(C)CCOCC1.C[N+]1(CC#N)CCOCC1.C[N+]1(CC(=O)C(O)C(O)C(O)CO)CCOCC1.C[N+]1(CC(O)CO)CCOCC1.C[N+]1(CCC#N)CCOCC1.C[N+]1(CCCCS(=O)(=O)O)CCOCC1.C[N+]1(CCCS(=O)(=O)O)CCOCC1.C[N+]1(CCS(=O)(=O)O)CCOCC1. The Morgan fingerprint density at radius 1 is 0.347 bits per heavy atom. The van der Waals surface area contributed by atoms with Crippen molar-refractivity contribution in [3.8, 4) is 18.2 Å². The van der Waals surface area contributed by atoms with Crippen molar-refractivity contribution in [2.24, 2.45) is 0 Å². The van der Waals surface area contributed by atoms with Gasteiger partial charge in [-0.1, -0.05) is 6.58 Å². The van der Waals surface area contributed by atoms with Crippen LogP contribution in [0.4, 0.5) is 0 Å². The quantitative estimate of drug-likeness (QED) is 0.00558. The molecule has 11 heterocycles. The number of Topliss-reactive ketones (excluding diaryl/α,β-unsaturated/α-hetero) is 1. The maximum Gasteiger partial charge on any atom is 0.361 e. The number of aliphatic hydroxyl groups is 6. The standard InChI is InChI=1S/C11H22NO6.C10H20NO3.C9H15N2O.C9H19NO4S.C9H18NO3.C8H15N2O.C8H17NO4S.C8H16NO3.C8H18NO3.C7H13N2O.C7H15NO4S/c1-12(2-4-18-5-3-12)6-8(14)10(16)11(17)9(15)7-13;1-3-14-10(12)4-5-11(2)6-8-13-9-7-11;1-9(7-10)8-11(2)3-5-12-6-4-11;1-10(5-7-14-8-6-10)4-2-3-9-15(11,12)13;1-10(4-3-9(11)12-2)5-7-13-8-6-10;1-10(4-2-3-9)5-7-11-8-6-10;1-9(4-6-13-7-5-9)3-2-8-14(10,11)12;1-9(7-8(10)11-2)3-5-12-6-4-9;1-9(6-8(11)7-10)2-4-12-5-3-9;1-9(3-2-8)4-6-10-7-5-9;1-8(2-5-12-6-3-8)4-7-13(9,10)11/h9-11,13,15-17H,2-7H2,1H3;3-9H2,1-2H3;1,3-6,8H2,2H3;2-9H2,1H3;3-8H2,1-2H3;2,4-8H2,1H3;2-8H2,1H3;3-7H2,1-2H3;8,10-11H,2-7H2,1H3;3-7H2,1H3;2-7H2,1H3/q3*+1;;2*+1;;3*+1;/p+3. The van der Waals surface area contributed by atoms with Crippen LogP contribution in [0.15, 0.2) is 12.2 Å². The van der Waals surface area contributed by atoms with E-state index in [1.54, 1.807) is 0 Å². The maximum absolute atomic E-state index is 11.8. The zero-order valence-corrected chi connectivity index (χ0v) is 92.2. The van der Waals surface area contributed by atoms with E-state index in [1.807, 2.05) is 21.0 Å². The lowest BCUT2D eigenvalue weighted by molar-refractivity contribution is -0.919. The first-order valence-electron chi connectivity index (χ1n) is 50.5. The molecule has 9 N–H and O–H groups in total. The van der Waals surface area contributed by atoms with E-state index in [1.165, 1.54) is 14.2 Å². The lowest BCUT2D eigenvalue weighted by Gasteiger charge is -2.38. The van der Waals surface area contributed by atoms with Crippen molar-refractivity contribution in [1.29, 1.82) is 15.8 Å². The van der Waals surface area contributed by atoms with E-state index in [-0.39, 0.29) is 48.3 Å². The number of esters is 3. The smallest absolute Gasteiger partial charge is 0.361 e. The van der Waals surface area contributed by atoms with Crippen LogP contribution in [0.25, 0.3) is 0 Å². The van der Waals surface area contributed by atoms with E-state index < -0.39 is 67.2 Å². The Balaban J connectivity index is 0.000000794. The Hall–Kier alpha value is -5.10. The molecule has 0 bridgehead atoms. The number of methoxy groups -OCH3 is 2. The van der Waals surface area contributed by atoms with Gasteiger partial charge >= 0.3 is 17.9 Å². The normalized spacial score (nSPS) is 22.4. The van der Waals surface area contributed by atoms with Gasteiger partial charge in [-0.2, -0.15) is 41.0 Å². The molecule has 0 saturated carbocycles. The van der Waals surface area contributed by atoms with Crippen LogP contribution in [0, 0.1) is 34.0 Å². The van der Waals surface area contributed by atoms with Gasteiger partial charge in [-0.15, -0.1) is 0 Å². The number of nitriles is 3. The molecule has 47 nitrogen and oxygen atoms in total. The van der Waals surface area contributed by atoms with Gasteiger partial charge in [0.2, 0.25) is 5.78 Å². The maximum atomic E-state index is 11.8. The number of aliphatic hydroxyl groups excluding tert-OH is 6. The molecule has 0 radical (unpaired) electrons. The fourth-order valence-electron chi connectivity index (χ4n) is 16.5. The van der Waals surface area contributed by atoms with E-state index in [0.29, 0.717) is 119 Å². The molecule has 0 aromatic heterocycles. The summed E-state index contributed by atoms with van der Waals surface area (Å²) in [6, 6.07) is 6.46. The van der Waals surface area contributed by atoms with Gasteiger partial charge in [-0.25, -0.2) is 4.79 Å². The average molecular weight is 2140 g/mol. The minimum atomic E-state index is -3.82. The lowest BCUT2D eigenvalue weighted by atomic mass is 10.0. The predicted molar refractivity (Wildman–Crippen MR) is 534 cm³/mol. The summed E-state index contributed by atoms with van der Waals surface area (Å²) in [4.78, 5) is 44.9. The molecular formula is C94H191N14O33S3+11. The number of likely N-dealkylation sites (N-methyl/N-ethyl adjacent to an activating group) is 11. The van der Waals surface area contributed by atoms with Crippen LogP contribution in [-0.2, 0) is 116 Å². The highest BCUT2D eigenvalue weighted by Crippen LogP contribution is 2.19. The van der Waals surface area contributed by atoms with Gasteiger partial charge in [0.25, 0.3) is 30.4 Å². The van der Waals surface area contributed by atoms with Crippen molar-refractivity contribution in [2.75, 3.05) is 490 Å². The van der Waals surface area contributed by atoms with E-state index in [4.69, 9.17) is 96.5 Å². The number of nitrogens with zero attached hydrogens (tertiary/aromatic N) is 14. The number of carbonyl (C=O) groups excluding carboxylic acids is 4. The number of ketones is 1. The van der Waals surface area contributed by atoms with Crippen molar-refractivity contribution in [1.82, 2.24) is 0 Å². The molecule has 50 heteroatoms. The summed E-state index contributed by atoms with van der Waals surface area (Å²) >= 11 is 0. The van der Waals surface area contributed by atoms with Crippen molar-refractivity contribution in [2.45, 2.75) is 69.9 Å². The molecule has 0 aromatic carbocycles. The molecule has 4 unspecified atom stereocenters. The monoisotopic (exact) mass is 2140 g/mol. The number of unbranched alkanes of at least 4 members (excludes halogenated alkanes) is 1. The molecule has 144 heavy (non-hydrogen) atoms. The fourth-order valence-corrected chi connectivity index (χ4v) is 18.2. The molecule has 0 amide bonds. The van der Waals surface area contributed by atoms with Gasteiger partial charge in [-0.05, 0) is 19.8 Å². The molecule has 11 saturated heterocycles. The first-order chi connectivity index (χ1) is 67.5. The third-order valence-corrected chi connectivity index (χ3v) is 30.3. The lowest BCUT2D eigenvalue weighted by Crippen LogP contribution is -2.57. The topological polar surface area (TPSA) is 553 Å². The highest BCUT2D eigenvalue weighted by molar-refractivity contribution is 7.86. The minimum Gasteiger partial charge on any atom is -0.469 e. The van der Waals surface area contributed by atoms with Crippen LogP contribution in [0.1, 0.15) is 45.4 Å². The molecule has 4 atom stereocenters. The number of ether oxygens (including phenoxy) is 14. The number of hydrogen-bond donors (Lipinski definition) is 9. The number of carbonyl (C=O) groups is 4. The minimum absolute atomic E-state index is 0.0692. The van der Waals surface area contributed by atoms with Crippen molar-refractivity contribution in [3.63, 3.8) is 0 Å². The summed E-state index contributed by atoms with van der Waals surface area (Å²) < 4.78 is 170. The van der Waals surface area contributed by atoms with E-state index in [0.717, 1.165) is 336 Å². The van der Waals surface area contributed by atoms with Gasteiger partial charge in [0.15, 0.2) is 13.1 Å². The molecule has 842 valence electrons. The van der Waals surface area contributed by atoms with E-state index >= 15 is 0 Å². The molecular weight excluding hydrogens is 1950 g/mol. The van der Waals surface area contributed by atoms with Crippen molar-refractivity contribution < 1.29 is 204 Å². The molecule has 11 aliphatic rings. The number of morpholine rings is 11. The number of hydrogen-bond acceptors (Lipinski definition) is 33. The van der Waals surface area contributed by atoms with Gasteiger partial charge in [-0.3, -0.25) is 28.0 Å². The summed E-state index contributed by atoms with van der Waals surface area (Å²) in [5, 5.41) is 80.4. The number of rotatable bonds is 35.